The van der Waals surface area contributed by atoms with E-state index in [-0.39, 0.29) is 18.1 Å². The smallest absolute Gasteiger partial charge is 0.321 e. The van der Waals surface area contributed by atoms with Crippen molar-refractivity contribution in [2.24, 2.45) is 0 Å². The van der Waals surface area contributed by atoms with Gasteiger partial charge in [-0.2, -0.15) is 0 Å². The van der Waals surface area contributed by atoms with Gasteiger partial charge in [0, 0.05) is 18.2 Å². The number of carbonyl (C=O) groups excluding carboxylic acids is 1. The number of nitrogens with one attached hydrogen (secondary N) is 2. The van der Waals surface area contributed by atoms with Crippen molar-refractivity contribution in [3.8, 4) is 0 Å². The van der Waals surface area contributed by atoms with Crippen molar-refractivity contribution >= 4 is 11.7 Å². The Kier molecular flexibility index (Phi) is 3.84. The highest BCUT2D eigenvalue weighted by atomic mass is 16.6. The van der Waals surface area contributed by atoms with E-state index in [1.807, 2.05) is 0 Å². The average Bonchev–Trinajstić information content (AvgIpc) is 2.64. The standard InChI is InChI=1S/C10H15N3O4/c1-10(2,5-6-14)12-9(15)7-3-4-8(11-7)13(16)17/h3-4,11,14H,5-6H2,1-2H3,(H,12,15). The van der Waals surface area contributed by atoms with Crippen LogP contribution in [0.25, 0.3) is 0 Å². The van der Waals surface area contributed by atoms with E-state index in [2.05, 4.69) is 10.3 Å². The molecular formula is C10H15N3O4. The number of hydrogen-bond donors (Lipinski definition) is 3. The second-order valence-corrected chi connectivity index (χ2v) is 4.33. The zero-order valence-electron chi connectivity index (χ0n) is 9.69. The predicted molar refractivity (Wildman–Crippen MR) is 60.7 cm³/mol. The highest BCUT2D eigenvalue weighted by molar-refractivity contribution is 5.93. The molecular weight excluding hydrogens is 226 g/mol. The summed E-state index contributed by atoms with van der Waals surface area (Å²) in [7, 11) is 0. The molecule has 7 nitrogen and oxygen atoms in total. The fraction of sp³-hybridized carbons (Fsp3) is 0.500. The van der Waals surface area contributed by atoms with Crippen LogP contribution in [0.3, 0.4) is 0 Å². The van der Waals surface area contributed by atoms with Crippen molar-refractivity contribution in [2.45, 2.75) is 25.8 Å². The number of aromatic nitrogens is 1. The molecule has 0 fully saturated rings. The molecule has 0 atom stereocenters. The number of aliphatic hydroxyl groups is 1. The molecule has 0 saturated heterocycles. The molecule has 1 aromatic rings. The molecule has 94 valence electrons. The number of aliphatic hydroxyl groups excluding tert-OH is 1. The SMILES string of the molecule is CC(C)(CCO)NC(=O)c1ccc([N+](=O)[O-])[nH]1. The van der Waals surface area contributed by atoms with Crippen molar-refractivity contribution in [2.75, 3.05) is 6.61 Å². The van der Waals surface area contributed by atoms with Crippen LogP contribution in [0.5, 0.6) is 0 Å². The van der Waals surface area contributed by atoms with Gasteiger partial charge in [-0.1, -0.05) is 0 Å². The summed E-state index contributed by atoms with van der Waals surface area (Å²) in [6.45, 7) is 3.48. The lowest BCUT2D eigenvalue weighted by Gasteiger charge is -2.24. The molecule has 0 spiro atoms. The van der Waals surface area contributed by atoms with Crippen molar-refractivity contribution in [1.82, 2.24) is 10.3 Å². The van der Waals surface area contributed by atoms with Gasteiger partial charge in [0.05, 0.1) is 0 Å². The fourth-order valence-electron chi connectivity index (χ4n) is 1.34. The van der Waals surface area contributed by atoms with Crippen LogP contribution in [-0.4, -0.2) is 33.1 Å². The Hall–Kier alpha value is -1.89. The monoisotopic (exact) mass is 241 g/mol. The molecule has 0 bridgehead atoms. The minimum Gasteiger partial charge on any atom is -0.396 e. The molecule has 0 aliphatic heterocycles. The molecule has 7 heteroatoms. The maximum absolute atomic E-state index is 11.7. The van der Waals surface area contributed by atoms with Gasteiger partial charge in [0.2, 0.25) is 0 Å². The zero-order valence-corrected chi connectivity index (χ0v) is 9.69. The number of rotatable bonds is 5. The van der Waals surface area contributed by atoms with E-state index >= 15 is 0 Å². The normalized spacial score (nSPS) is 11.2. The fourth-order valence-corrected chi connectivity index (χ4v) is 1.34. The summed E-state index contributed by atoms with van der Waals surface area (Å²) in [5.41, 5.74) is -0.436. The average molecular weight is 241 g/mol. The Labute approximate surface area is 98.0 Å². The predicted octanol–water partition coefficient (Wildman–Crippen LogP) is 0.814. The van der Waals surface area contributed by atoms with Gasteiger partial charge in [-0.15, -0.1) is 0 Å². The minimum absolute atomic E-state index is 0.0435. The van der Waals surface area contributed by atoms with E-state index in [0.29, 0.717) is 6.42 Å². The van der Waals surface area contributed by atoms with Gasteiger partial charge in [-0.25, -0.2) is 4.98 Å². The van der Waals surface area contributed by atoms with Gasteiger partial charge in [0.1, 0.15) is 0 Å². The van der Waals surface area contributed by atoms with Gasteiger partial charge in [0.15, 0.2) is 5.69 Å². The first-order valence-corrected chi connectivity index (χ1v) is 5.12. The van der Waals surface area contributed by atoms with E-state index in [1.165, 1.54) is 12.1 Å². The summed E-state index contributed by atoms with van der Waals surface area (Å²) in [5.74, 6) is -0.660. The maximum Gasteiger partial charge on any atom is 0.321 e. The lowest BCUT2D eigenvalue weighted by Crippen LogP contribution is -2.44. The second-order valence-electron chi connectivity index (χ2n) is 4.33. The first kappa shape index (κ1) is 13.2. The Morgan fingerprint density at radius 2 is 2.24 bits per heavy atom. The van der Waals surface area contributed by atoms with Gasteiger partial charge in [-0.05, 0) is 31.3 Å². The van der Waals surface area contributed by atoms with E-state index in [9.17, 15) is 14.9 Å². The highest BCUT2D eigenvalue weighted by Crippen LogP contribution is 2.12. The van der Waals surface area contributed by atoms with E-state index in [0.717, 1.165) is 0 Å². The Bertz CT molecular complexity index is 425. The van der Waals surface area contributed by atoms with Crippen LogP contribution < -0.4 is 5.32 Å². The van der Waals surface area contributed by atoms with Crippen LogP contribution >= 0.6 is 0 Å². The molecule has 1 heterocycles. The molecule has 0 aliphatic carbocycles. The number of carbonyl (C=O) groups is 1. The number of nitro groups is 1. The summed E-state index contributed by atoms with van der Waals surface area (Å²) in [4.78, 5) is 24.0. The van der Waals surface area contributed by atoms with Crippen LogP contribution in [0, 0.1) is 10.1 Å². The lowest BCUT2D eigenvalue weighted by molar-refractivity contribution is -0.389. The van der Waals surface area contributed by atoms with Gasteiger partial charge < -0.3 is 20.5 Å². The van der Waals surface area contributed by atoms with Crippen LogP contribution in [0.1, 0.15) is 30.8 Å². The van der Waals surface area contributed by atoms with E-state index in [1.54, 1.807) is 13.8 Å². The van der Waals surface area contributed by atoms with Crippen LogP contribution in [-0.2, 0) is 0 Å². The van der Waals surface area contributed by atoms with Crippen LogP contribution in [0.4, 0.5) is 5.82 Å². The lowest BCUT2D eigenvalue weighted by atomic mass is 10.0. The molecule has 1 aromatic heterocycles. The number of nitrogens with zero attached hydrogens (tertiary/aromatic N) is 1. The Morgan fingerprint density at radius 1 is 1.59 bits per heavy atom. The summed E-state index contributed by atoms with van der Waals surface area (Å²) < 4.78 is 0. The molecule has 3 N–H and O–H groups in total. The molecule has 0 aliphatic rings. The number of H-pyrrole nitrogens is 1. The Balaban J connectivity index is 2.73. The Morgan fingerprint density at radius 3 is 2.71 bits per heavy atom. The second kappa shape index (κ2) is 4.96. The number of hydrogen-bond acceptors (Lipinski definition) is 4. The van der Waals surface area contributed by atoms with Gasteiger partial charge in [-0.3, -0.25) is 4.79 Å². The van der Waals surface area contributed by atoms with Crippen molar-refractivity contribution in [3.63, 3.8) is 0 Å². The highest BCUT2D eigenvalue weighted by Gasteiger charge is 2.23. The topological polar surface area (TPSA) is 108 Å². The molecule has 17 heavy (non-hydrogen) atoms. The zero-order chi connectivity index (χ0) is 13.1. The van der Waals surface area contributed by atoms with Crippen molar-refractivity contribution < 1.29 is 14.8 Å². The molecule has 0 radical (unpaired) electrons. The summed E-state index contributed by atoms with van der Waals surface area (Å²) >= 11 is 0. The first-order valence-electron chi connectivity index (χ1n) is 5.12. The largest absolute Gasteiger partial charge is 0.396 e. The number of amides is 1. The third kappa shape index (κ3) is 3.56. The minimum atomic E-state index is -0.602. The summed E-state index contributed by atoms with van der Waals surface area (Å²) in [5, 5.41) is 21.9. The summed E-state index contributed by atoms with van der Waals surface area (Å²) in [6, 6.07) is 2.58. The third-order valence-corrected chi connectivity index (χ3v) is 2.30. The summed E-state index contributed by atoms with van der Waals surface area (Å²) in [6.07, 6.45) is 0.404. The van der Waals surface area contributed by atoms with Crippen molar-refractivity contribution in [1.29, 1.82) is 0 Å². The molecule has 0 saturated carbocycles. The van der Waals surface area contributed by atoms with Crippen LogP contribution in [0.2, 0.25) is 0 Å². The third-order valence-electron chi connectivity index (χ3n) is 2.30. The quantitative estimate of drug-likeness (QED) is 0.523. The van der Waals surface area contributed by atoms with E-state index < -0.39 is 16.4 Å². The molecule has 1 rings (SSSR count). The first-order chi connectivity index (χ1) is 7.85. The van der Waals surface area contributed by atoms with Gasteiger partial charge >= 0.3 is 5.82 Å². The van der Waals surface area contributed by atoms with Crippen LogP contribution in [0.15, 0.2) is 12.1 Å². The maximum atomic E-state index is 11.7. The van der Waals surface area contributed by atoms with Crippen molar-refractivity contribution in [3.05, 3.63) is 27.9 Å². The molecule has 0 aromatic carbocycles. The molecule has 0 unspecified atom stereocenters. The number of aromatic amines is 1. The molecule has 1 amide bonds. The van der Waals surface area contributed by atoms with E-state index in [4.69, 9.17) is 5.11 Å². The van der Waals surface area contributed by atoms with Gasteiger partial charge in [0.25, 0.3) is 5.91 Å².